The number of hydrogen-bond donors (Lipinski definition) is 1. The molecule has 0 aliphatic carbocycles. The van der Waals surface area contributed by atoms with E-state index >= 15 is 0 Å². The fourth-order valence-electron chi connectivity index (χ4n) is 3.15. The van der Waals surface area contributed by atoms with Gasteiger partial charge in [0.05, 0.1) is 37.6 Å². The Kier molecular flexibility index (Phi) is 4.14. The molecule has 132 valence electrons. The minimum Gasteiger partial charge on any atom is -0.467 e. The number of methoxy groups -OCH3 is 1. The third-order valence-corrected chi connectivity index (χ3v) is 4.38. The lowest BCUT2D eigenvalue weighted by atomic mass is 10.2. The van der Waals surface area contributed by atoms with Gasteiger partial charge >= 0.3 is 5.97 Å². The quantitative estimate of drug-likeness (QED) is 0.727. The molecule has 0 saturated carbocycles. The molecule has 26 heavy (non-hydrogen) atoms. The van der Waals surface area contributed by atoms with Gasteiger partial charge in [-0.15, -0.1) is 0 Å². The number of furan rings is 1. The molecule has 0 atom stereocenters. The standard InChI is InChI=1S/C19H17N3O4/c1-25-19(24)15-11-26-17-9-22(8-14(15)17)10-18(23)21-13-6-12-4-2-3-5-16(12)20-7-13/h2-7,11H,8-10H2,1H3,(H,21,23). The van der Waals surface area contributed by atoms with Crippen molar-refractivity contribution >= 4 is 28.5 Å². The summed E-state index contributed by atoms with van der Waals surface area (Å²) in [5, 5.41) is 3.83. The summed E-state index contributed by atoms with van der Waals surface area (Å²) in [6.45, 7) is 1.15. The molecule has 4 rings (SSSR count). The zero-order chi connectivity index (χ0) is 18.1. The Morgan fingerprint density at radius 1 is 1.31 bits per heavy atom. The highest BCUT2D eigenvalue weighted by molar-refractivity contribution is 5.94. The predicted octanol–water partition coefficient (Wildman–Crippen LogP) is 2.57. The maximum atomic E-state index is 12.3. The lowest BCUT2D eigenvalue weighted by Gasteiger charge is -2.14. The average Bonchev–Trinajstić information content (AvgIpc) is 3.20. The lowest BCUT2D eigenvalue weighted by Crippen LogP contribution is -2.29. The first kappa shape index (κ1) is 16.3. The molecule has 0 bridgehead atoms. The molecule has 1 N–H and O–H groups in total. The second kappa shape index (κ2) is 6.61. The highest BCUT2D eigenvalue weighted by atomic mass is 16.5. The fraction of sp³-hybridized carbons (Fsp3) is 0.211. The van der Waals surface area contributed by atoms with Crippen molar-refractivity contribution in [3.63, 3.8) is 0 Å². The van der Waals surface area contributed by atoms with Gasteiger partial charge in [0.1, 0.15) is 17.6 Å². The molecule has 3 aromatic rings. The summed E-state index contributed by atoms with van der Waals surface area (Å²) in [6, 6.07) is 9.62. The van der Waals surface area contributed by atoms with E-state index in [1.165, 1.54) is 13.4 Å². The van der Waals surface area contributed by atoms with Crippen LogP contribution in [0.25, 0.3) is 10.9 Å². The van der Waals surface area contributed by atoms with Crippen molar-refractivity contribution in [2.24, 2.45) is 0 Å². The van der Waals surface area contributed by atoms with Crippen LogP contribution in [0.5, 0.6) is 0 Å². The Morgan fingerprint density at radius 3 is 3.00 bits per heavy atom. The maximum Gasteiger partial charge on any atom is 0.341 e. The minimum absolute atomic E-state index is 0.146. The number of fused-ring (bicyclic) bond motifs is 2. The molecule has 7 nitrogen and oxygen atoms in total. The van der Waals surface area contributed by atoms with Gasteiger partial charge in [-0.1, -0.05) is 18.2 Å². The van der Waals surface area contributed by atoms with Gasteiger partial charge in [0.25, 0.3) is 0 Å². The lowest BCUT2D eigenvalue weighted by molar-refractivity contribution is -0.117. The molecule has 1 aliphatic heterocycles. The van der Waals surface area contributed by atoms with Gasteiger partial charge in [-0.2, -0.15) is 0 Å². The van der Waals surface area contributed by atoms with E-state index in [1.54, 1.807) is 6.20 Å². The Hall–Kier alpha value is -3.19. The molecule has 7 heteroatoms. The van der Waals surface area contributed by atoms with Gasteiger partial charge in [0.15, 0.2) is 0 Å². The summed E-state index contributed by atoms with van der Waals surface area (Å²) < 4.78 is 10.2. The van der Waals surface area contributed by atoms with Crippen molar-refractivity contribution in [3.05, 3.63) is 59.7 Å². The number of amides is 1. The number of pyridine rings is 1. The molecule has 3 heterocycles. The second-order valence-electron chi connectivity index (χ2n) is 6.15. The van der Waals surface area contributed by atoms with Crippen LogP contribution in [0.3, 0.4) is 0 Å². The minimum atomic E-state index is -0.427. The second-order valence-corrected chi connectivity index (χ2v) is 6.15. The summed E-state index contributed by atoms with van der Waals surface area (Å²) >= 11 is 0. The number of carbonyl (C=O) groups is 2. The number of hydrogen-bond acceptors (Lipinski definition) is 6. The molecule has 0 saturated heterocycles. The molecule has 1 amide bonds. The number of ether oxygens (including phenoxy) is 1. The highest BCUT2D eigenvalue weighted by Gasteiger charge is 2.29. The molecule has 0 fully saturated rings. The number of para-hydroxylation sites is 1. The van der Waals surface area contributed by atoms with Crippen molar-refractivity contribution in [3.8, 4) is 0 Å². The Balaban J connectivity index is 1.41. The van der Waals surface area contributed by atoms with Crippen LogP contribution < -0.4 is 5.32 Å². The third kappa shape index (κ3) is 3.04. The predicted molar refractivity (Wildman–Crippen MR) is 94.5 cm³/mol. The van der Waals surface area contributed by atoms with E-state index < -0.39 is 5.97 Å². The van der Waals surface area contributed by atoms with E-state index in [0.717, 1.165) is 16.5 Å². The van der Waals surface area contributed by atoms with Gasteiger partial charge in [-0.3, -0.25) is 14.7 Å². The summed E-state index contributed by atoms with van der Waals surface area (Å²) in [6.07, 6.45) is 3.05. The molecule has 1 aromatic carbocycles. The van der Waals surface area contributed by atoms with Crippen LogP contribution in [0.1, 0.15) is 21.7 Å². The number of esters is 1. The van der Waals surface area contributed by atoms with E-state index in [-0.39, 0.29) is 12.5 Å². The first-order valence-corrected chi connectivity index (χ1v) is 8.18. The molecule has 0 spiro atoms. The monoisotopic (exact) mass is 351 g/mol. The van der Waals surface area contributed by atoms with Crippen molar-refractivity contribution in [1.29, 1.82) is 0 Å². The van der Waals surface area contributed by atoms with E-state index in [4.69, 9.17) is 9.15 Å². The first-order chi connectivity index (χ1) is 12.6. The van der Waals surface area contributed by atoms with Gasteiger partial charge < -0.3 is 14.5 Å². The van der Waals surface area contributed by atoms with Crippen LogP contribution in [0, 0.1) is 0 Å². The Labute approximate surface area is 149 Å². The molecular formula is C19H17N3O4. The maximum absolute atomic E-state index is 12.3. The van der Waals surface area contributed by atoms with Crippen LogP contribution in [0.15, 0.2) is 47.2 Å². The van der Waals surface area contributed by atoms with E-state index in [0.29, 0.717) is 30.1 Å². The van der Waals surface area contributed by atoms with E-state index in [1.807, 2.05) is 35.2 Å². The normalized spacial score (nSPS) is 13.6. The number of nitrogens with zero attached hydrogens (tertiary/aromatic N) is 2. The molecule has 2 aromatic heterocycles. The van der Waals surface area contributed by atoms with Crippen molar-refractivity contribution in [2.45, 2.75) is 13.1 Å². The number of nitrogens with one attached hydrogen (secondary N) is 1. The molecule has 0 radical (unpaired) electrons. The van der Waals surface area contributed by atoms with Crippen LogP contribution in [0.4, 0.5) is 5.69 Å². The van der Waals surface area contributed by atoms with Crippen LogP contribution in [-0.4, -0.2) is 35.4 Å². The number of carbonyl (C=O) groups excluding carboxylic acids is 2. The average molecular weight is 351 g/mol. The SMILES string of the molecule is COC(=O)c1coc2c1CN(CC(=O)Nc1cnc3ccccc3c1)C2. The highest BCUT2D eigenvalue weighted by Crippen LogP contribution is 2.28. The summed E-state index contributed by atoms with van der Waals surface area (Å²) in [5.74, 6) is 0.126. The number of benzene rings is 1. The number of rotatable bonds is 4. The molecule has 1 aliphatic rings. The molecular weight excluding hydrogens is 334 g/mol. The third-order valence-electron chi connectivity index (χ3n) is 4.38. The van der Waals surface area contributed by atoms with Crippen molar-refractivity contribution in [2.75, 3.05) is 19.0 Å². The topological polar surface area (TPSA) is 84.7 Å². The first-order valence-electron chi connectivity index (χ1n) is 8.18. The van der Waals surface area contributed by atoms with Gasteiger partial charge in [0, 0.05) is 17.5 Å². The smallest absolute Gasteiger partial charge is 0.341 e. The summed E-state index contributed by atoms with van der Waals surface area (Å²) in [5.41, 5.74) is 2.74. The number of aromatic nitrogens is 1. The van der Waals surface area contributed by atoms with Gasteiger partial charge in [-0.25, -0.2) is 4.79 Å². The zero-order valence-corrected chi connectivity index (χ0v) is 14.2. The Bertz CT molecular complexity index is 995. The molecule has 0 unspecified atom stereocenters. The van der Waals surface area contributed by atoms with Gasteiger partial charge in [-0.05, 0) is 12.1 Å². The number of anilines is 1. The van der Waals surface area contributed by atoms with E-state index in [9.17, 15) is 9.59 Å². The van der Waals surface area contributed by atoms with Crippen molar-refractivity contribution < 1.29 is 18.7 Å². The fourth-order valence-corrected chi connectivity index (χ4v) is 3.15. The van der Waals surface area contributed by atoms with Crippen molar-refractivity contribution in [1.82, 2.24) is 9.88 Å². The Morgan fingerprint density at radius 2 is 2.15 bits per heavy atom. The van der Waals surface area contributed by atoms with Crippen LogP contribution >= 0.6 is 0 Å². The largest absolute Gasteiger partial charge is 0.467 e. The summed E-state index contributed by atoms with van der Waals surface area (Å²) in [7, 11) is 1.33. The van der Waals surface area contributed by atoms with Gasteiger partial charge in [0.2, 0.25) is 5.91 Å². The zero-order valence-electron chi connectivity index (χ0n) is 14.2. The van der Waals surface area contributed by atoms with Crippen LogP contribution in [0.2, 0.25) is 0 Å². The van der Waals surface area contributed by atoms with Crippen LogP contribution in [-0.2, 0) is 22.6 Å². The summed E-state index contributed by atoms with van der Waals surface area (Å²) in [4.78, 5) is 30.3. The van der Waals surface area contributed by atoms with E-state index in [2.05, 4.69) is 10.3 Å².